The molecule has 0 bridgehead atoms. The largest absolute Gasteiger partial charge is 0.508 e. The highest BCUT2D eigenvalue weighted by molar-refractivity contribution is 6.06. The summed E-state index contributed by atoms with van der Waals surface area (Å²) in [6, 6.07) is 20.0. The van der Waals surface area contributed by atoms with Gasteiger partial charge >= 0.3 is 6.03 Å². The number of aldehydes is 1. The predicted molar refractivity (Wildman–Crippen MR) is 110 cm³/mol. The molecule has 7 heteroatoms. The van der Waals surface area contributed by atoms with Crippen LogP contribution in [0.4, 0.5) is 4.79 Å². The highest BCUT2D eigenvalue weighted by Crippen LogP contribution is 2.20. The second-order valence-electron chi connectivity index (χ2n) is 6.40. The molecule has 152 valence electrons. The Labute approximate surface area is 173 Å². The van der Waals surface area contributed by atoms with E-state index in [4.69, 9.17) is 4.74 Å². The molecular weight excluding hydrogens is 384 g/mol. The number of amides is 3. The molecule has 3 aromatic rings. The first-order valence-electron chi connectivity index (χ1n) is 9.18. The highest BCUT2D eigenvalue weighted by atomic mass is 16.5. The zero-order valence-electron chi connectivity index (χ0n) is 15.9. The summed E-state index contributed by atoms with van der Waals surface area (Å²) in [5.41, 5.74) is 1.60. The number of aromatic hydroxyl groups is 1. The third kappa shape index (κ3) is 5.45. The molecule has 7 nitrogen and oxygen atoms in total. The van der Waals surface area contributed by atoms with Gasteiger partial charge in [-0.2, -0.15) is 0 Å². The van der Waals surface area contributed by atoms with E-state index in [1.807, 2.05) is 30.3 Å². The summed E-state index contributed by atoms with van der Waals surface area (Å²) in [7, 11) is 0. The van der Waals surface area contributed by atoms with Crippen molar-refractivity contribution in [1.29, 1.82) is 0 Å². The van der Waals surface area contributed by atoms with Crippen molar-refractivity contribution >= 4 is 18.2 Å². The first-order valence-corrected chi connectivity index (χ1v) is 9.18. The van der Waals surface area contributed by atoms with Crippen LogP contribution in [-0.4, -0.2) is 23.3 Å². The van der Waals surface area contributed by atoms with E-state index in [1.165, 1.54) is 24.3 Å². The van der Waals surface area contributed by atoms with Gasteiger partial charge in [-0.05, 0) is 35.4 Å². The van der Waals surface area contributed by atoms with Gasteiger partial charge in [0.15, 0.2) is 0 Å². The number of hydrogen-bond donors (Lipinski definition) is 3. The van der Waals surface area contributed by atoms with Crippen LogP contribution in [0.15, 0.2) is 78.9 Å². The Morgan fingerprint density at radius 1 is 0.933 bits per heavy atom. The maximum absolute atomic E-state index is 12.6. The van der Waals surface area contributed by atoms with Crippen LogP contribution >= 0.6 is 0 Å². The molecule has 0 aliphatic rings. The lowest BCUT2D eigenvalue weighted by molar-refractivity contribution is -0.109. The molecule has 0 saturated carbocycles. The number of nitrogens with one attached hydrogen (secondary N) is 2. The first kappa shape index (κ1) is 20.6. The average Bonchev–Trinajstić information content (AvgIpc) is 2.77. The van der Waals surface area contributed by atoms with Crippen molar-refractivity contribution in [2.75, 3.05) is 0 Å². The van der Waals surface area contributed by atoms with Crippen LogP contribution < -0.4 is 15.4 Å². The minimum atomic E-state index is -0.969. The van der Waals surface area contributed by atoms with Gasteiger partial charge in [-0.3, -0.25) is 10.1 Å². The molecular formula is C23H20N2O5. The quantitative estimate of drug-likeness (QED) is 0.524. The number of urea groups is 1. The Morgan fingerprint density at radius 2 is 1.60 bits per heavy atom. The predicted octanol–water partition coefficient (Wildman–Crippen LogP) is 3.35. The van der Waals surface area contributed by atoms with Gasteiger partial charge in [0, 0.05) is 0 Å². The van der Waals surface area contributed by atoms with Crippen LogP contribution in [0.3, 0.4) is 0 Å². The molecule has 0 aliphatic carbocycles. The number of hydrogen-bond acceptors (Lipinski definition) is 5. The Balaban J connectivity index is 1.64. The van der Waals surface area contributed by atoms with E-state index in [0.717, 1.165) is 5.56 Å². The Bertz CT molecular complexity index is 1020. The summed E-state index contributed by atoms with van der Waals surface area (Å²) in [5, 5.41) is 14.0. The zero-order chi connectivity index (χ0) is 21.3. The molecule has 0 aliphatic heterocycles. The molecule has 0 radical (unpaired) electrons. The molecule has 0 saturated heterocycles. The molecule has 3 rings (SSSR count). The zero-order valence-corrected chi connectivity index (χ0v) is 15.9. The lowest BCUT2D eigenvalue weighted by Gasteiger charge is -2.15. The number of carbonyl (C=O) groups is 3. The molecule has 1 unspecified atom stereocenters. The van der Waals surface area contributed by atoms with Crippen molar-refractivity contribution in [3.63, 3.8) is 0 Å². The maximum atomic E-state index is 12.6. The van der Waals surface area contributed by atoms with E-state index in [-0.39, 0.29) is 17.9 Å². The molecule has 3 aromatic carbocycles. The van der Waals surface area contributed by atoms with E-state index < -0.39 is 18.0 Å². The Kier molecular flexibility index (Phi) is 6.78. The molecule has 0 spiro atoms. The number of ether oxygens (including phenoxy) is 1. The van der Waals surface area contributed by atoms with Crippen LogP contribution in [0.2, 0.25) is 0 Å². The second kappa shape index (κ2) is 9.88. The number of imide groups is 1. The number of phenols is 1. The molecule has 0 heterocycles. The van der Waals surface area contributed by atoms with Gasteiger partial charge < -0.3 is 20.0 Å². The van der Waals surface area contributed by atoms with Crippen LogP contribution in [0.5, 0.6) is 11.5 Å². The lowest BCUT2D eigenvalue weighted by Crippen LogP contribution is -2.41. The molecule has 0 aromatic heterocycles. The van der Waals surface area contributed by atoms with E-state index >= 15 is 0 Å². The fourth-order valence-corrected chi connectivity index (χ4v) is 2.74. The van der Waals surface area contributed by atoms with E-state index in [0.29, 0.717) is 17.6 Å². The van der Waals surface area contributed by atoms with Gasteiger partial charge in [-0.1, -0.05) is 54.6 Å². The summed E-state index contributed by atoms with van der Waals surface area (Å²) >= 11 is 0. The first-order chi connectivity index (χ1) is 14.6. The maximum Gasteiger partial charge on any atom is 0.322 e. The van der Waals surface area contributed by atoms with E-state index in [2.05, 4.69) is 10.6 Å². The van der Waals surface area contributed by atoms with Gasteiger partial charge in [0.1, 0.15) is 30.4 Å². The molecule has 3 N–H and O–H groups in total. The molecule has 1 atom stereocenters. The van der Waals surface area contributed by atoms with Crippen molar-refractivity contribution in [3.05, 3.63) is 95.6 Å². The summed E-state index contributed by atoms with van der Waals surface area (Å²) in [5.74, 6) is -0.293. The van der Waals surface area contributed by atoms with Crippen LogP contribution in [-0.2, 0) is 11.4 Å². The number of para-hydroxylation sites is 1. The smallest absolute Gasteiger partial charge is 0.322 e. The SMILES string of the molecule is O=CC(NC(=O)NC(=O)c1ccccc1OCc1ccccc1)c1ccc(O)cc1. The fourth-order valence-electron chi connectivity index (χ4n) is 2.74. The van der Waals surface area contributed by atoms with Gasteiger partial charge in [-0.25, -0.2) is 4.79 Å². The lowest BCUT2D eigenvalue weighted by atomic mass is 10.1. The number of phenolic OH excluding ortho intramolecular Hbond substituents is 1. The van der Waals surface area contributed by atoms with Gasteiger partial charge in [0.2, 0.25) is 0 Å². The van der Waals surface area contributed by atoms with Gasteiger partial charge in [0.05, 0.1) is 5.56 Å². The molecule has 30 heavy (non-hydrogen) atoms. The van der Waals surface area contributed by atoms with Gasteiger partial charge in [-0.15, -0.1) is 0 Å². The van der Waals surface area contributed by atoms with Crippen molar-refractivity contribution < 1.29 is 24.2 Å². The normalized spacial score (nSPS) is 11.2. The van der Waals surface area contributed by atoms with Crippen LogP contribution in [0.25, 0.3) is 0 Å². The number of rotatable bonds is 7. The second-order valence-corrected chi connectivity index (χ2v) is 6.40. The summed E-state index contributed by atoms with van der Waals surface area (Å²) < 4.78 is 5.74. The Hall–Kier alpha value is -4.13. The summed E-state index contributed by atoms with van der Waals surface area (Å²) in [6.45, 7) is 0.269. The third-order valence-electron chi connectivity index (χ3n) is 4.27. The minimum absolute atomic E-state index is 0.0372. The molecule has 0 fully saturated rings. The fraction of sp³-hybridized carbons (Fsp3) is 0.0870. The van der Waals surface area contributed by atoms with E-state index in [1.54, 1.807) is 24.3 Å². The summed E-state index contributed by atoms with van der Waals surface area (Å²) in [6.07, 6.45) is 0.535. The summed E-state index contributed by atoms with van der Waals surface area (Å²) in [4.78, 5) is 36.1. The molecule has 3 amide bonds. The monoisotopic (exact) mass is 404 g/mol. The van der Waals surface area contributed by atoms with Gasteiger partial charge in [0.25, 0.3) is 5.91 Å². The number of benzene rings is 3. The van der Waals surface area contributed by atoms with Crippen LogP contribution in [0, 0.1) is 0 Å². The highest BCUT2D eigenvalue weighted by Gasteiger charge is 2.18. The van der Waals surface area contributed by atoms with Crippen molar-refractivity contribution in [2.24, 2.45) is 0 Å². The van der Waals surface area contributed by atoms with Crippen LogP contribution in [0.1, 0.15) is 27.5 Å². The van der Waals surface area contributed by atoms with E-state index in [9.17, 15) is 19.5 Å². The minimum Gasteiger partial charge on any atom is -0.508 e. The third-order valence-corrected chi connectivity index (χ3v) is 4.27. The standard InChI is InChI=1S/C23H20N2O5/c26-14-20(17-10-12-18(27)13-11-17)24-23(29)25-22(28)19-8-4-5-9-21(19)30-15-16-6-2-1-3-7-16/h1-14,20,27H,15H2,(H2,24,25,28,29). The van der Waals surface area contributed by atoms with Crippen molar-refractivity contribution in [1.82, 2.24) is 10.6 Å². The average molecular weight is 404 g/mol. The number of carbonyl (C=O) groups excluding carboxylic acids is 3. The Morgan fingerprint density at radius 3 is 2.30 bits per heavy atom. The van der Waals surface area contributed by atoms with Crippen molar-refractivity contribution in [3.8, 4) is 11.5 Å². The topological polar surface area (TPSA) is 105 Å². The van der Waals surface area contributed by atoms with Crippen molar-refractivity contribution in [2.45, 2.75) is 12.6 Å².